The Hall–Kier alpha value is -0.380. The third-order valence-electron chi connectivity index (χ3n) is 2.70. The number of ketones is 1. The molecule has 1 aromatic rings. The zero-order valence-electron chi connectivity index (χ0n) is 10.4. The van der Waals surface area contributed by atoms with E-state index in [1.165, 1.54) is 6.07 Å². The van der Waals surface area contributed by atoms with Crippen molar-refractivity contribution in [3.05, 3.63) is 33.8 Å². The number of carbonyl (C=O) groups is 1. The minimum atomic E-state index is -1.12. The summed E-state index contributed by atoms with van der Waals surface area (Å²) < 4.78 is 11.8. The molecule has 2 atom stereocenters. The van der Waals surface area contributed by atoms with Crippen LogP contribution in [-0.4, -0.2) is 21.5 Å². The van der Waals surface area contributed by atoms with E-state index >= 15 is 0 Å². The summed E-state index contributed by atoms with van der Waals surface area (Å²) in [5.41, 5.74) is 0.460. The number of hydrogen-bond acceptors (Lipinski definition) is 2. The molecule has 2 unspecified atom stereocenters. The van der Waals surface area contributed by atoms with Crippen LogP contribution in [0.5, 0.6) is 0 Å². The standard InChI is InChI=1S/C13H16Cl2O2S/c1-3-9(2)7-18(17)8-13(16)10-4-5-11(14)12(15)6-10/h4-6,9H,3,7-8H2,1-2H3. The van der Waals surface area contributed by atoms with E-state index < -0.39 is 10.8 Å². The average Bonchev–Trinajstić information content (AvgIpc) is 2.32. The van der Waals surface area contributed by atoms with Gasteiger partial charge in [-0.25, -0.2) is 0 Å². The zero-order chi connectivity index (χ0) is 13.7. The zero-order valence-corrected chi connectivity index (χ0v) is 12.7. The molecule has 0 aliphatic rings. The highest BCUT2D eigenvalue weighted by molar-refractivity contribution is 7.85. The predicted octanol–water partition coefficient (Wildman–Crippen LogP) is 3.97. The van der Waals surface area contributed by atoms with Gasteiger partial charge in [-0.15, -0.1) is 0 Å². The predicted molar refractivity (Wildman–Crippen MR) is 78.1 cm³/mol. The summed E-state index contributed by atoms with van der Waals surface area (Å²) in [7, 11) is -1.12. The molecule has 1 rings (SSSR count). The molecule has 0 saturated heterocycles. The van der Waals surface area contributed by atoms with Crippen LogP contribution in [0, 0.1) is 5.92 Å². The molecule has 0 aliphatic heterocycles. The lowest BCUT2D eigenvalue weighted by Gasteiger charge is -2.07. The van der Waals surface area contributed by atoms with Gasteiger partial charge in [0.05, 0.1) is 15.8 Å². The maximum Gasteiger partial charge on any atom is 0.175 e. The van der Waals surface area contributed by atoms with Crippen molar-refractivity contribution in [2.75, 3.05) is 11.5 Å². The van der Waals surface area contributed by atoms with E-state index in [0.29, 0.717) is 27.3 Å². The summed E-state index contributed by atoms with van der Waals surface area (Å²) in [4.78, 5) is 11.9. The molecule has 0 saturated carbocycles. The number of halogens is 2. The van der Waals surface area contributed by atoms with Crippen molar-refractivity contribution < 1.29 is 9.00 Å². The van der Waals surface area contributed by atoms with Crippen LogP contribution in [0.4, 0.5) is 0 Å². The first-order chi connectivity index (χ1) is 8.43. The fraction of sp³-hybridized carbons (Fsp3) is 0.462. The lowest BCUT2D eigenvalue weighted by molar-refractivity contribution is 0.102. The monoisotopic (exact) mass is 306 g/mol. The molecule has 0 bridgehead atoms. The summed E-state index contributed by atoms with van der Waals surface area (Å²) in [6, 6.07) is 4.71. The SMILES string of the molecule is CCC(C)CS(=O)CC(=O)c1ccc(Cl)c(Cl)c1. The van der Waals surface area contributed by atoms with Crippen LogP contribution in [0.15, 0.2) is 18.2 Å². The first-order valence-corrected chi connectivity index (χ1v) is 8.01. The van der Waals surface area contributed by atoms with Crippen molar-refractivity contribution in [3.63, 3.8) is 0 Å². The fourth-order valence-corrected chi connectivity index (χ4v) is 3.14. The Morgan fingerprint density at radius 3 is 2.56 bits per heavy atom. The van der Waals surface area contributed by atoms with Gasteiger partial charge in [0.25, 0.3) is 0 Å². The van der Waals surface area contributed by atoms with Gasteiger partial charge >= 0.3 is 0 Å². The lowest BCUT2D eigenvalue weighted by Crippen LogP contribution is -2.16. The third kappa shape index (κ3) is 4.71. The summed E-state index contributed by atoms with van der Waals surface area (Å²) in [6.45, 7) is 4.07. The lowest BCUT2D eigenvalue weighted by atomic mass is 10.1. The second-order valence-corrected chi connectivity index (χ2v) is 6.63. The van der Waals surface area contributed by atoms with E-state index in [0.717, 1.165) is 6.42 Å². The van der Waals surface area contributed by atoms with E-state index in [2.05, 4.69) is 0 Å². The molecule has 2 nitrogen and oxygen atoms in total. The van der Waals surface area contributed by atoms with Crippen molar-refractivity contribution in [3.8, 4) is 0 Å². The van der Waals surface area contributed by atoms with Crippen molar-refractivity contribution in [2.24, 2.45) is 5.92 Å². The molecule has 0 fully saturated rings. The van der Waals surface area contributed by atoms with E-state index in [4.69, 9.17) is 23.2 Å². The van der Waals surface area contributed by atoms with Gasteiger partial charge in [0.15, 0.2) is 5.78 Å². The Morgan fingerprint density at radius 2 is 2.00 bits per heavy atom. The van der Waals surface area contributed by atoms with Crippen LogP contribution in [0.3, 0.4) is 0 Å². The summed E-state index contributed by atoms with van der Waals surface area (Å²) in [6.07, 6.45) is 0.965. The smallest absolute Gasteiger partial charge is 0.175 e. The van der Waals surface area contributed by atoms with Gasteiger partial charge < -0.3 is 0 Å². The quantitative estimate of drug-likeness (QED) is 0.745. The highest BCUT2D eigenvalue weighted by atomic mass is 35.5. The van der Waals surface area contributed by atoms with E-state index in [9.17, 15) is 9.00 Å². The molecular formula is C13H16Cl2O2S. The van der Waals surface area contributed by atoms with Crippen molar-refractivity contribution in [1.82, 2.24) is 0 Å². The second kappa shape index (κ2) is 7.27. The molecule has 0 aliphatic carbocycles. The van der Waals surface area contributed by atoms with E-state index in [-0.39, 0.29) is 11.5 Å². The minimum absolute atomic E-state index is 0.0439. The van der Waals surface area contributed by atoms with Crippen LogP contribution in [0.1, 0.15) is 30.6 Å². The van der Waals surface area contributed by atoms with Crippen LogP contribution >= 0.6 is 23.2 Å². The van der Waals surface area contributed by atoms with Crippen LogP contribution in [0.25, 0.3) is 0 Å². The minimum Gasteiger partial charge on any atom is -0.293 e. The number of benzene rings is 1. The van der Waals surface area contributed by atoms with Crippen LogP contribution in [-0.2, 0) is 10.8 Å². The Labute approximate surface area is 120 Å². The third-order valence-corrected chi connectivity index (χ3v) is 4.97. The average molecular weight is 307 g/mol. The highest BCUT2D eigenvalue weighted by Gasteiger charge is 2.13. The van der Waals surface area contributed by atoms with Gasteiger partial charge in [-0.1, -0.05) is 43.5 Å². The summed E-state index contributed by atoms with van der Waals surface area (Å²) in [5, 5.41) is 0.754. The molecule has 0 heterocycles. The van der Waals surface area contributed by atoms with Crippen molar-refractivity contribution in [2.45, 2.75) is 20.3 Å². The molecule has 18 heavy (non-hydrogen) atoms. The van der Waals surface area contributed by atoms with Gasteiger partial charge in [0, 0.05) is 22.1 Å². The van der Waals surface area contributed by atoms with Gasteiger partial charge in [0.2, 0.25) is 0 Å². The first-order valence-electron chi connectivity index (χ1n) is 5.77. The Kier molecular flexibility index (Phi) is 6.33. The number of Topliss-reactive ketones (excluding diaryl/α,β-unsaturated/α-hetero) is 1. The molecule has 0 spiro atoms. The Balaban J connectivity index is 2.65. The molecule has 0 N–H and O–H groups in total. The van der Waals surface area contributed by atoms with Gasteiger partial charge in [-0.05, 0) is 24.1 Å². The van der Waals surface area contributed by atoms with Crippen molar-refractivity contribution >= 4 is 39.8 Å². The molecule has 100 valence electrons. The number of rotatable bonds is 6. The van der Waals surface area contributed by atoms with E-state index in [1.807, 2.05) is 13.8 Å². The summed E-state index contributed by atoms with van der Waals surface area (Å²) in [5.74, 6) is 0.814. The van der Waals surface area contributed by atoms with Gasteiger partial charge in [-0.3, -0.25) is 9.00 Å². The fourth-order valence-electron chi connectivity index (χ4n) is 1.39. The number of carbonyl (C=O) groups excluding carboxylic acids is 1. The van der Waals surface area contributed by atoms with Gasteiger partial charge in [-0.2, -0.15) is 0 Å². The highest BCUT2D eigenvalue weighted by Crippen LogP contribution is 2.22. The summed E-state index contributed by atoms with van der Waals surface area (Å²) >= 11 is 11.6. The Bertz CT molecular complexity index is 460. The maximum absolute atomic E-state index is 11.9. The molecule has 1 aromatic carbocycles. The normalized spacial score (nSPS) is 14.2. The van der Waals surface area contributed by atoms with Crippen LogP contribution in [0.2, 0.25) is 10.0 Å². The largest absolute Gasteiger partial charge is 0.293 e. The van der Waals surface area contributed by atoms with Gasteiger partial charge in [0.1, 0.15) is 0 Å². The second-order valence-electron chi connectivity index (χ2n) is 4.32. The molecular weight excluding hydrogens is 291 g/mol. The van der Waals surface area contributed by atoms with E-state index in [1.54, 1.807) is 12.1 Å². The molecule has 0 radical (unpaired) electrons. The molecule has 5 heteroatoms. The molecule has 0 aromatic heterocycles. The maximum atomic E-state index is 11.9. The first kappa shape index (κ1) is 15.7. The topological polar surface area (TPSA) is 34.1 Å². The van der Waals surface area contributed by atoms with Crippen molar-refractivity contribution in [1.29, 1.82) is 0 Å². The number of hydrogen-bond donors (Lipinski definition) is 0. The van der Waals surface area contributed by atoms with Crippen LogP contribution < -0.4 is 0 Å². The Morgan fingerprint density at radius 1 is 1.33 bits per heavy atom. The molecule has 0 amide bonds.